The average molecular weight is 275 g/mol. The molecule has 2 aromatic rings. The molecule has 2 atom stereocenters. The van der Waals surface area contributed by atoms with Crippen LogP contribution >= 0.6 is 0 Å². The van der Waals surface area contributed by atoms with Crippen LogP contribution in [0.3, 0.4) is 0 Å². The number of hydrogen-bond donors (Lipinski definition) is 1. The quantitative estimate of drug-likeness (QED) is 0.879. The van der Waals surface area contributed by atoms with Crippen LogP contribution in [-0.2, 0) is 6.42 Å². The third-order valence-electron chi connectivity index (χ3n) is 3.59. The van der Waals surface area contributed by atoms with Crippen LogP contribution in [0.2, 0.25) is 0 Å². The molecule has 108 valence electrons. The van der Waals surface area contributed by atoms with Gasteiger partial charge in [-0.1, -0.05) is 26.0 Å². The first kappa shape index (κ1) is 14.7. The van der Waals surface area contributed by atoms with E-state index in [0.717, 1.165) is 30.7 Å². The first-order chi connectivity index (χ1) is 9.67. The number of nitrogens with two attached hydrogens (primary N) is 1. The van der Waals surface area contributed by atoms with Crippen LogP contribution in [0.25, 0.3) is 0 Å². The molecule has 1 aromatic heterocycles. The van der Waals surface area contributed by atoms with Crippen molar-refractivity contribution in [1.82, 2.24) is 9.55 Å². The molecule has 2 unspecified atom stereocenters. The first-order valence-electron chi connectivity index (χ1n) is 7.20. The highest BCUT2D eigenvalue weighted by Gasteiger charge is 2.22. The third-order valence-corrected chi connectivity index (χ3v) is 3.59. The van der Waals surface area contributed by atoms with E-state index in [1.807, 2.05) is 19.2 Å². The van der Waals surface area contributed by atoms with Gasteiger partial charge in [-0.3, -0.25) is 0 Å². The number of benzene rings is 1. The molecule has 4 heteroatoms. The van der Waals surface area contributed by atoms with Gasteiger partial charge in [0.1, 0.15) is 11.6 Å². The average Bonchev–Trinajstić information content (AvgIpc) is 2.87. The van der Waals surface area contributed by atoms with Crippen molar-refractivity contribution < 1.29 is 4.39 Å². The summed E-state index contributed by atoms with van der Waals surface area (Å²) in [6.45, 7) is 4.17. The van der Waals surface area contributed by atoms with Gasteiger partial charge in [-0.05, 0) is 30.5 Å². The molecule has 20 heavy (non-hydrogen) atoms. The van der Waals surface area contributed by atoms with E-state index >= 15 is 0 Å². The van der Waals surface area contributed by atoms with Gasteiger partial charge >= 0.3 is 0 Å². The predicted molar refractivity (Wildman–Crippen MR) is 79.0 cm³/mol. The summed E-state index contributed by atoms with van der Waals surface area (Å²) in [5.74, 6) is 0.777. The molecule has 0 aliphatic rings. The fraction of sp³-hybridized carbons (Fsp3) is 0.438. The fourth-order valence-electron chi connectivity index (χ4n) is 2.54. The molecular formula is C16H22FN3. The van der Waals surface area contributed by atoms with Crippen molar-refractivity contribution in [3.05, 3.63) is 53.9 Å². The minimum atomic E-state index is -0.229. The number of halogens is 1. The zero-order valence-electron chi connectivity index (χ0n) is 12.1. The topological polar surface area (TPSA) is 43.8 Å². The highest BCUT2D eigenvalue weighted by molar-refractivity contribution is 5.23. The normalized spacial score (nSPS) is 14.2. The molecule has 0 fully saturated rings. The van der Waals surface area contributed by atoms with Gasteiger partial charge in [-0.15, -0.1) is 0 Å². The minimum Gasteiger partial charge on any atom is -0.326 e. The zero-order valence-corrected chi connectivity index (χ0v) is 12.1. The van der Waals surface area contributed by atoms with E-state index in [1.54, 1.807) is 18.3 Å². The maximum absolute atomic E-state index is 13.5. The fourth-order valence-corrected chi connectivity index (χ4v) is 2.54. The Morgan fingerprint density at radius 1 is 1.35 bits per heavy atom. The van der Waals surface area contributed by atoms with Crippen molar-refractivity contribution in [2.45, 2.75) is 45.2 Å². The lowest BCUT2D eigenvalue weighted by atomic mass is 9.97. The first-order valence-corrected chi connectivity index (χ1v) is 7.20. The highest BCUT2D eigenvalue weighted by atomic mass is 19.1. The predicted octanol–water partition coefficient (Wildman–Crippen LogP) is 3.30. The zero-order chi connectivity index (χ0) is 14.5. The molecule has 1 heterocycles. The SMILES string of the molecule is CCCc1nccn1C(c1cccc(F)c1)C(N)CC. The van der Waals surface area contributed by atoms with Gasteiger partial charge < -0.3 is 10.3 Å². The molecule has 2 N–H and O–H groups in total. The molecule has 0 bridgehead atoms. The van der Waals surface area contributed by atoms with Crippen molar-refractivity contribution in [1.29, 1.82) is 0 Å². The van der Waals surface area contributed by atoms with Crippen molar-refractivity contribution >= 4 is 0 Å². The molecule has 0 aliphatic heterocycles. The highest BCUT2D eigenvalue weighted by Crippen LogP contribution is 2.25. The molecule has 0 spiro atoms. The molecule has 1 aromatic carbocycles. The van der Waals surface area contributed by atoms with Crippen molar-refractivity contribution in [2.75, 3.05) is 0 Å². The minimum absolute atomic E-state index is 0.0680. The summed E-state index contributed by atoms with van der Waals surface area (Å²) in [6.07, 6.45) is 6.48. The summed E-state index contributed by atoms with van der Waals surface area (Å²) in [7, 11) is 0. The van der Waals surface area contributed by atoms with E-state index in [-0.39, 0.29) is 17.9 Å². The molecular weight excluding hydrogens is 253 g/mol. The molecule has 3 nitrogen and oxygen atoms in total. The van der Waals surface area contributed by atoms with Gasteiger partial charge in [-0.2, -0.15) is 0 Å². The molecule has 0 aliphatic carbocycles. The molecule has 0 saturated heterocycles. The summed E-state index contributed by atoms with van der Waals surface area (Å²) in [4.78, 5) is 4.41. The van der Waals surface area contributed by atoms with Gasteiger partial charge in [-0.25, -0.2) is 9.37 Å². The van der Waals surface area contributed by atoms with Gasteiger partial charge in [0.2, 0.25) is 0 Å². The Bertz CT molecular complexity index is 550. The molecule has 0 amide bonds. The van der Waals surface area contributed by atoms with Crippen LogP contribution in [-0.4, -0.2) is 15.6 Å². The standard InChI is InChI=1S/C16H22FN3/c1-3-6-15-19-9-10-20(15)16(14(18)4-2)12-7-5-8-13(17)11-12/h5,7-11,14,16H,3-4,6,18H2,1-2H3. The summed E-state index contributed by atoms with van der Waals surface area (Å²) in [6, 6.07) is 6.55. The van der Waals surface area contributed by atoms with Crippen molar-refractivity contribution in [2.24, 2.45) is 5.73 Å². The Kier molecular flexibility index (Phi) is 4.90. The summed E-state index contributed by atoms with van der Waals surface area (Å²) >= 11 is 0. The number of aryl methyl sites for hydroxylation is 1. The second-order valence-electron chi connectivity index (χ2n) is 5.07. The Balaban J connectivity index is 2.44. The maximum atomic E-state index is 13.5. The molecule has 2 rings (SSSR count). The lowest BCUT2D eigenvalue weighted by Gasteiger charge is -2.26. The van der Waals surface area contributed by atoms with E-state index in [0.29, 0.717) is 0 Å². The van der Waals surface area contributed by atoms with Gasteiger partial charge in [0, 0.05) is 24.9 Å². The number of hydrogen-bond acceptors (Lipinski definition) is 2. The van der Waals surface area contributed by atoms with Crippen LogP contribution in [0.1, 0.15) is 44.1 Å². The van der Waals surface area contributed by atoms with E-state index in [1.165, 1.54) is 6.07 Å². The lowest BCUT2D eigenvalue weighted by Crippen LogP contribution is -2.33. The van der Waals surface area contributed by atoms with Crippen LogP contribution in [0.4, 0.5) is 4.39 Å². The van der Waals surface area contributed by atoms with E-state index in [4.69, 9.17) is 5.73 Å². The Morgan fingerprint density at radius 3 is 2.80 bits per heavy atom. The lowest BCUT2D eigenvalue weighted by molar-refractivity contribution is 0.443. The number of aromatic nitrogens is 2. The van der Waals surface area contributed by atoms with Gasteiger partial charge in [0.25, 0.3) is 0 Å². The molecule has 0 radical (unpaired) electrons. The van der Waals surface area contributed by atoms with Gasteiger partial charge in [0.15, 0.2) is 0 Å². The Labute approximate surface area is 119 Å². The van der Waals surface area contributed by atoms with Crippen LogP contribution in [0.5, 0.6) is 0 Å². The molecule has 0 saturated carbocycles. The summed E-state index contributed by atoms with van der Waals surface area (Å²) < 4.78 is 15.6. The van der Waals surface area contributed by atoms with Crippen LogP contribution < -0.4 is 5.73 Å². The second-order valence-corrected chi connectivity index (χ2v) is 5.07. The van der Waals surface area contributed by atoms with Gasteiger partial charge in [0.05, 0.1) is 6.04 Å². The second kappa shape index (κ2) is 6.66. The number of nitrogens with zero attached hydrogens (tertiary/aromatic N) is 2. The Morgan fingerprint density at radius 2 is 2.15 bits per heavy atom. The summed E-state index contributed by atoms with van der Waals surface area (Å²) in [5.41, 5.74) is 7.18. The Hall–Kier alpha value is -1.68. The maximum Gasteiger partial charge on any atom is 0.123 e. The van der Waals surface area contributed by atoms with Crippen molar-refractivity contribution in [3.8, 4) is 0 Å². The number of imidazole rings is 1. The number of rotatable bonds is 6. The largest absolute Gasteiger partial charge is 0.326 e. The summed E-state index contributed by atoms with van der Waals surface area (Å²) in [5, 5.41) is 0. The van der Waals surface area contributed by atoms with Crippen molar-refractivity contribution in [3.63, 3.8) is 0 Å². The van der Waals surface area contributed by atoms with E-state index in [2.05, 4.69) is 16.5 Å². The van der Waals surface area contributed by atoms with Crippen LogP contribution in [0.15, 0.2) is 36.7 Å². The smallest absolute Gasteiger partial charge is 0.123 e. The monoisotopic (exact) mass is 275 g/mol. The van der Waals surface area contributed by atoms with E-state index in [9.17, 15) is 4.39 Å². The van der Waals surface area contributed by atoms with Crippen LogP contribution in [0, 0.1) is 5.82 Å². The third kappa shape index (κ3) is 3.07. The van der Waals surface area contributed by atoms with E-state index < -0.39 is 0 Å².